The van der Waals surface area contributed by atoms with Crippen molar-refractivity contribution >= 4 is 0 Å². The third-order valence-corrected chi connectivity index (χ3v) is 2.84. The Kier molecular flexibility index (Phi) is 3.03. The smallest absolute Gasteiger partial charge is 0.0226 e. The first-order valence-corrected chi connectivity index (χ1v) is 5.30. The fourth-order valence-electron chi connectivity index (χ4n) is 1.89. The van der Waals surface area contributed by atoms with Crippen LogP contribution in [0.5, 0.6) is 0 Å². The quantitative estimate of drug-likeness (QED) is 0.709. The topological polar surface area (TPSA) is 29.3 Å². The number of nitrogens with two attached hydrogens (primary N) is 1. The summed E-state index contributed by atoms with van der Waals surface area (Å²) in [6.07, 6.45) is 2.62. The van der Waals surface area contributed by atoms with Gasteiger partial charge in [-0.1, -0.05) is 13.8 Å². The number of hydrogen-bond acceptors (Lipinski definition) is 2. The van der Waals surface area contributed by atoms with Crippen LogP contribution < -0.4 is 5.73 Å². The summed E-state index contributed by atoms with van der Waals surface area (Å²) in [7, 11) is 0. The van der Waals surface area contributed by atoms with Crippen LogP contribution >= 0.6 is 0 Å². The van der Waals surface area contributed by atoms with E-state index < -0.39 is 0 Å². The zero-order valence-electron chi connectivity index (χ0n) is 9.56. The Morgan fingerprint density at radius 1 is 1.23 bits per heavy atom. The van der Waals surface area contributed by atoms with Gasteiger partial charge in [-0.3, -0.25) is 0 Å². The molecule has 0 aliphatic carbocycles. The fraction of sp³-hybridized carbons (Fsp3) is 1.00. The molecule has 1 rings (SSSR count). The van der Waals surface area contributed by atoms with Gasteiger partial charge < -0.3 is 10.6 Å². The predicted octanol–water partition coefficient (Wildman–Crippen LogP) is 1.85. The predicted molar refractivity (Wildman–Crippen MR) is 57.7 cm³/mol. The van der Waals surface area contributed by atoms with Crippen LogP contribution in [0.2, 0.25) is 0 Å². The Balaban J connectivity index is 2.34. The summed E-state index contributed by atoms with van der Waals surface area (Å²) in [5.74, 6) is 0. The summed E-state index contributed by atoms with van der Waals surface area (Å²) in [6.45, 7) is 12.4. The molecular weight excluding hydrogens is 160 g/mol. The summed E-state index contributed by atoms with van der Waals surface area (Å²) in [5.41, 5.74) is 6.50. The zero-order valence-corrected chi connectivity index (χ0v) is 9.56. The van der Waals surface area contributed by atoms with Gasteiger partial charge in [-0.05, 0) is 45.2 Å². The molecule has 1 saturated heterocycles. The van der Waals surface area contributed by atoms with Gasteiger partial charge in [-0.2, -0.15) is 0 Å². The molecule has 0 radical (unpaired) electrons. The van der Waals surface area contributed by atoms with E-state index in [1.807, 2.05) is 0 Å². The molecular formula is C11H24N2. The highest BCUT2D eigenvalue weighted by Crippen LogP contribution is 2.29. The molecule has 0 saturated carbocycles. The molecule has 0 aromatic carbocycles. The van der Waals surface area contributed by atoms with E-state index in [1.54, 1.807) is 0 Å². The molecule has 2 nitrogen and oxygen atoms in total. The second-order valence-electron chi connectivity index (χ2n) is 5.93. The number of hydrogen-bond donors (Lipinski definition) is 1. The van der Waals surface area contributed by atoms with E-state index >= 15 is 0 Å². The van der Waals surface area contributed by atoms with Crippen molar-refractivity contribution in [1.29, 1.82) is 0 Å². The largest absolute Gasteiger partial charge is 0.324 e. The molecule has 2 heteroatoms. The third-order valence-electron chi connectivity index (χ3n) is 2.84. The fourth-order valence-corrected chi connectivity index (χ4v) is 1.89. The summed E-state index contributed by atoms with van der Waals surface area (Å²) in [4.78, 5) is 2.49. The normalized spacial score (nSPS) is 24.7. The SMILES string of the molecule is CC(C)(N)CN1CCC(C)(C)CC1. The van der Waals surface area contributed by atoms with E-state index in [4.69, 9.17) is 5.73 Å². The standard InChI is InChI=1S/C11H24N2/c1-10(2)5-7-13(8-6-10)9-11(3,4)12/h5-9,12H2,1-4H3. The van der Waals surface area contributed by atoms with Gasteiger partial charge in [0, 0.05) is 12.1 Å². The number of nitrogens with zero attached hydrogens (tertiary/aromatic N) is 1. The second-order valence-corrected chi connectivity index (χ2v) is 5.93. The molecule has 0 aromatic heterocycles. The van der Waals surface area contributed by atoms with E-state index in [0.717, 1.165) is 6.54 Å². The van der Waals surface area contributed by atoms with E-state index in [-0.39, 0.29) is 5.54 Å². The number of likely N-dealkylation sites (tertiary alicyclic amines) is 1. The van der Waals surface area contributed by atoms with E-state index in [1.165, 1.54) is 25.9 Å². The molecule has 0 aromatic rings. The first kappa shape index (κ1) is 11.0. The lowest BCUT2D eigenvalue weighted by atomic mass is 9.82. The van der Waals surface area contributed by atoms with Crippen LogP contribution in [0.15, 0.2) is 0 Å². The maximum absolute atomic E-state index is 5.99. The Labute approximate surface area is 82.5 Å². The van der Waals surface area contributed by atoms with E-state index in [0.29, 0.717) is 5.41 Å². The van der Waals surface area contributed by atoms with Gasteiger partial charge in [0.15, 0.2) is 0 Å². The monoisotopic (exact) mass is 184 g/mol. The molecule has 2 N–H and O–H groups in total. The molecule has 0 amide bonds. The average Bonchev–Trinajstić information content (AvgIpc) is 1.91. The minimum Gasteiger partial charge on any atom is -0.324 e. The van der Waals surface area contributed by atoms with Crippen molar-refractivity contribution in [3.8, 4) is 0 Å². The highest BCUT2D eigenvalue weighted by molar-refractivity contribution is 4.83. The first-order chi connectivity index (χ1) is 5.79. The molecule has 0 atom stereocenters. The van der Waals surface area contributed by atoms with Crippen LogP contribution in [0.4, 0.5) is 0 Å². The molecule has 1 aliphatic rings. The van der Waals surface area contributed by atoms with Gasteiger partial charge in [0.2, 0.25) is 0 Å². The first-order valence-electron chi connectivity index (χ1n) is 5.30. The Morgan fingerprint density at radius 3 is 2.08 bits per heavy atom. The maximum Gasteiger partial charge on any atom is 0.0226 e. The Morgan fingerprint density at radius 2 is 1.69 bits per heavy atom. The van der Waals surface area contributed by atoms with Crippen molar-refractivity contribution in [2.24, 2.45) is 11.1 Å². The lowest BCUT2D eigenvalue weighted by molar-refractivity contribution is 0.115. The van der Waals surface area contributed by atoms with Crippen molar-refractivity contribution in [1.82, 2.24) is 4.90 Å². The van der Waals surface area contributed by atoms with Crippen LogP contribution in [0.25, 0.3) is 0 Å². The lowest BCUT2D eigenvalue weighted by Gasteiger charge is -2.39. The third kappa shape index (κ3) is 4.10. The summed E-state index contributed by atoms with van der Waals surface area (Å²) in [5, 5.41) is 0. The molecule has 0 bridgehead atoms. The minimum atomic E-state index is -0.0402. The van der Waals surface area contributed by atoms with Crippen molar-refractivity contribution in [2.75, 3.05) is 19.6 Å². The molecule has 0 unspecified atom stereocenters. The van der Waals surface area contributed by atoms with Crippen molar-refractivity contribution in [2.45, 2.75) is 46.1 Å². The lowest BCUT2D eigenvalue weighted by Crippen LogP contribution is -2.48. The zero-order chi connectivity index (χ0) is 10.1. The van der Waals surface area contributed by atoms with Gasteiger partial charge in [0.25, 0.3) is 0 Å². The highest BCUT2D eigenvalue weighted by Gasteiger charge is 2.27. The summed E-state index contributed by atoms with van der Waals surface area (Å²) >= 11 is 0. The maximum atomic E-state index is 5.99. The van der Waals surface area contributed by atoms with Crippen LogP contribution in [0.1, 0.15) is 40.5 Å². The summed E-state index contributed by atoms with van der Waals surface area (Å²) < 4.78 is 0. The Hall–Kier alpha value is -0.0800. The number of rotatable bonds is 2. The molecule has 1 fully saturated rings. The highest BCUT2D eigenvalue weighted by atomic mass is 15.1. The second kappa shape index (κ2) is 3.58. The van der Waals surface area contributed by atoms with Gasteiger partial charge in [-0.25, -0.2) is 0 Å². The minimum absolute atomic E-state index is 0.0402. The summed E-state index contributed by atoms with van der Waals surface area (Å²) in [6, 6.07) is 0. The Bertz CT molecular complexity index is 157. The molecule has 78 valence electrons. The van der Waals surface area contributed by atoms with Crippen molar-refractivity contribution in [3.63, 3.8) is 0 Å². The molecule has 1 aliphatic heterocycles. The molecule has 0 spiro atoms. The van der Waals surface area contributed by atoms with Crippen LogP contribution in [0.3, 0.4) is 0 Å². The van der Waals surface area contributed by atoms with Crippen LogP contribution in [0, 0.1) is 5.41 Å². The van der Waals surface area contributed by atoms with Gasteiger partial charge in [0.1, 0.15) is 0 Å². The van der Waals surface area contributed by atoms with Gasteiger partial charge in [-0.15, -0.1) is 0 Å². The number of piperidine rings is 1. The van der Waals surface area contributed by atoms with Crippen molar-refractivity contribution in [3.05, 3.63) is 0 Å². The average molecular weight is 184 g/mol. The molecule has 1 heterocycles. The van der Waals surface area contributed by atoms with Crippen molar-refractivity contribution < 1.29 is 0 Å². The van der Waals surface area contributed by atoms with Crippen LogP contribution in [-0.2, 0) is 0 Å². The van der Waals surface area contributed by atoms with E-state index in [9.17, 15) is 0 Å². The van der Waals surface area contributed by atoms with Crippen LogP contribution in [-0.4, -0.2) is 30.1 Å². The van der Waals surface area contributed by atoms with Gasteiger partial charge >= 0.3 is 0 Å². The molecule has 13 heavy (non-hydrogen) atoms. The van der Waals surface area contributed by atoms with E-state index in [2.05, 4.69) is 32.6 Å². The van der Waals surface area contributed by atoms with Gasteiger partial charge in [0.05, 0.1) is 0 Å².